The first-order valence-electron chi connectivity index (χ1n) is 7.66. The number of thiocarbonyl (C=S) groups is 1. The van der Waals surface area contributed by atoms with Crippen molar-refractivity contribution in [1.82, 2.24) is 10.2 Å². The summed E-state index contributed by atoms with van der Waals surface area (Å²) < 4.78 is 5.57. The van der Waals surface area contributed by atoms with Gasteiger partial charge in [-0.25, -0.2) is 0 Å². The second-order valence-corrected chi connectivity index (χ2v) is 5.67. The Morgan fingerprint density at radius 3 is 2.67 bits per heavy atom. The standard InChI is InChI=1S/C15H24N4OS/c1-4-10-9-20-8-7-19(10)15-13(14(16)21)11(5-2)12(6-3)17-18-15/h10H,4-9H2,1-3H3,(H2,16,21). The molecule has 0 spiro atoms. The molecule has 1 aromatic heterocycles. The first kappa shape index (κ1) is 16.1. The summed E-state index contributed by atoms with van der Waals surface area (Å²) >= 11 is 5.31. The van der Waals surface area contributed by atoms with Gasteiger partial charge in [-0.15, -0.1) is 5.10 Å². The van der Waals surface area contributed by atoms with Crippen molar-refractivity contribution in [3.8, 4) is 0 Å². The molecular formula is C15H24N4OS. The third-order valence-corrected chi connectivity index (χ3v) is 4.25. The average Bonchev–Trinajstić information content (AvgIpc) is 2.52. The van der Waals surface area contributed by atoms with Gasteiger partial charge >= 0.3 is 0 Å². The maximum Gasteiger partial charge on any atom is 0.162 e. The molecule has 2 rings (SSSR count). The van der Waals surface area contributed by atoms with Gasteiger partial charge in [0.25, 0.3) is 0 Å². The number of anilines is 1. The molecule has 2 heterocycles. The zero-order valence-electron chi connectivity index (χ0n) is 13.1. The van der Waals surface area contributed by atoms with Crippen LogP contribution in [0.4, 0.5) is 5.82 Å². The summed E-state index contributed by atoms with van der Waals surface area (Å²) in [5.41, 5.74) is 9.04. The SMILES string of the molecule is CCc1nnc(N2CCOCC2CC)c(C(N)=S)c1CC. The van der Waals surface area contributed by atoms with Crippen LogP contribution in [0.15, 0.2) is 0 Å². The maximum absolute atomic E-state index is 6.01. The second kappa shape index (κ2) is 7.13. The number of nitrogens with two attached hydrogens (primary N) is 1. The van der Waals surface area contributed by atoms with Crippen LogP contribution in [0.25, 0.3) is 0 Å². The molecule has 0 aliphatic carbocycles. The normalized spacial score (nSPS) is 18.8. The summed E-state index contributed by atoms with van der Waals surface area (Å²) in [4.78, 5) is 2.66. The van der Waals surface area contributed by atoms with Crippen molar-refractivity contribution in [2.75, 3.05) is 24.7 Å². The highest BCUT2D eigenvalue weighted by molar-refractivity contribution is 7.80. The van der Waals surface area contributed by atoms with Crippen LogP contribution in [0.3, 0.4) is 0 Å². The van der Waals surface area contributed by atoms with Crippen LogP contribution in [-0.4, -0.2) is 41.0 Å². The average molecular weight is 308 g/mol. The van der Waals surface area contributed by atoms with Gasteiger partial charge in [0.05, 0.1) is 30.5 Å². The molecular weight excluding hydrogens is 284 g/mol. The van der Waals surface area contributed by atoms with Crippen molar-refractivity contribution in [1.29, 1.82) is 0 Å². The predicted molar refractivity (Wildman–Crippen MR) is 88.9 cm³/mol. The molecule has 2 N–H and O–H groups in total. The smallest absolute Gasteiger partial charge is 0.162 e. The molecule has 21 heavy (non-hydrogen) atoms. The summed E-state index contributed by atoms with van der Waals surface area (Å²) in [6.45, 7) is 8.56. The van der Waals surface area contributed by atoms with Crippen molar-refractivity contribution in [3.63, 3.8) is 0 Å². The van der Waals surface area contributed by atoms with Gasteiger partial charge in [0.15, 0.2) is 5.82 Å². The lowest BCUT2D eigenvalue weighted by atomic mass is 10.0. The van der Waals surface area contributed by atoms with Gasteiger partial charge in [-0.1, -0.05) is 33.0 Å². The number of rotatable bonds is 5. The Labute approximate surface area is 131 Å². The molecule has 116 valence electrons. The molecule has 1 saturated heterocycles. The number of aryl methyl sites for hydroxylation is 1. The second-order valence-electron chi connectivity index (χ2n) is 5.23. The fourth-order valence-corrected chi connectivity index (χ4v) is 3.11. The highest BCUT2D eigenvalue weighted by atomic mass is 32.1. The fourth-order valence-electron chi connectivity index (χ4n) is 2.89. The Balaban J connectivity index is 2.54. The lowest BCUT2D eigenvalue weighted by Gasteiger charge is -2.37. The molecule has 0 radical (unpaired) electrons. The summed E-state index contributed by atoms with van der Waals surface area (Å²) in [5, 5.41) is 8.86. The van der Waals surface area contributed by atoms with Gasteiger partial charge in [0.2, 0.25) is 0 Å². The monoisotopic (exact) mass is 308 g/mol. The molecule has 1 fully saturated rings. The van der Waals surface area contributed by atoms with E-state index < -0.39 is 0 Å². The van der Waals surface area contributed by atoms with Crippen LogP contribution in [0, 0.1) is 0 Å². The summed E-state index contributed by atoms with van der Waals surface area (Å²) in [5.74, 6) is 0.826. The van der Waals surface area contributed by atoms with E-state index in [1.807, 2.05) is 0 Å². The molecule has 0 bridgehead atoms. The minimum Gasteiger partial charge on any atom is -0.389 e. The van der Waals surface area contributed by atoms with Gasteiger partial charge in [0, 0.05) is 6.54 Å². The highest BCUT2D eigenvalue weighted by Gasteiger charge is 2.28. The van der Waals surface area contributed by atoms with Crippen LogP contribution in [-0.2, 0) is 17.6 Å². The van der Waals surface area contributed by atoms with E-state index in [-0.39, 0.29) is 0 Å². The van der Waals surface area contributed by atoms with Crippen LogP contribution >= 0.6 is 12.2 Å². The molecule has 0 aromatic carbocycles. The van der Waals surface area contributed by atoms with E-state index in [1.54, 1.807) is 0 Å². The number of nitrogens with zero attached hydrogens (tertiary/aromatic N) is 3. The van der Waals surface area contributed by atoms with E-state index in [0.717, 1.165) is 48.4 Å². The van der Waals surface area contributed by atoms with Crippen molar-refractivity contribution in [2.24, 2.45) is 5.73 Å². The number of ether oxygens (including phenoxy) is 1. The Hall–Kier alpha value is -1.27. The lowest BCUT2D eigenvalue weighted by molar-refractivity contribution is 0.0924. The molecule has 1 aromatic rings. The number of morpholine rings is 1. The fraction of sp³-hybridized carbons (Fsp3) is 0.667. The van der Waals surface area contributed by atoms with E-state index in [4.69, 9.17) is 22.7 Å². The molecule has 1 unspecified atom stereocenters. The van der Waals surface area contributed by atoms with Crippen LogP contribution in [0.5, 0.6) is 0 Å². The Kier molecular flexibility index (Phi) is 5.47. The van der Waals surface area contributed by atoms with Gasteiger partial charge in [-0.3, -0.25) is 0 Å². The minimum atomic E-state index is 0.304. The summed E-state index contributed by atoms with van der Waals surface area (Å²) in [6.07, 6.45) is 2.70. The highest BCUT2D eigenvalue weighted by Crippen LogP contribution is 2.27. The molecule has 0 amide bonds. The van der Waals surface area contributed by atoms with Gasteiger partial charge in [-0.2, -0.15) is 5.10 Å². The quantitative estimate of drug-likeness (QED) is 0.838. The van der Waals surface area contributed by atoms with Crippen LogP contribution in [0.2, 0.25) is 0 Å². The molecule has 5 nitrogen and oxygen atoms in total. The third kappa shape index (κ3) is 3.16. The van der Waals surface area contributed by atoms with E-state index in [2.05, 4.69) is 35.9 Å². The zero-order valence-corrected chi connectivity index (χ0v) is 13.9. The van der Waals surface area contributed by atoms with E-state index in [9.17, 15) is 0 Å². The molecule has 1 aliphatic rings. The van der Waals surface area contributed by atoms with Gasteiger partial charge < -0.3 is 15.4 Å². The third-order valence-electron chi connectivity index (χ3n) is 4.04. The Morgan fingerprint density at radius 1 is 1.33 bits per heavy atom. The largest absolute Gasteiger partial charge is 0.389 e. The maximum atomic E-state index is 6.01. The van der Waals surface area contributed by atoms with Crippen molar-refractivity contribution < 1.29 is 4.74 Å². The molecule has 1 aliphatic heterocycles. The topological polar surface area (TPSA) is 64.3 Å². The Morgan fingerprint density at radius 2 is 2.10 bits per heavy atom. The number of hydrogen-bond acceptors (Lipinski definition) is 5. The van der Waals surface area contributed by atoms with E-state index in [1.165, 1.54) is 0 Å². The van der Waals surface area contributed by atoms with Crippen molar-refractivity contribution >= 4 is 23.0 Å². The lowest BCUT2D eigenvalue weighted by Crippen LogP contribution is -2.46. The number of aromatic nitrogens is 2. The van der Waals surface area contributed by atoms with Crippen molar-refractivity contribution in [3.05, 3.63) is 16.8 Å². The zero-order chi connectivity index (χ0) is 15.4. The minimum absolute atomic E-state index is 0.304. The van der Waals surface area contributed by atoms with Crippen LogP contribution < -0.4 is 10.6 Å². The van der Waals surface area contributed by atoms with Crippen LogP contribution in [0.1, 0.15) is 44.0 Å². The predicted octanol–water partition coefficient (Wildman–Crippen LogP) is 1.85. The Bertz CT molecular complexity index is 521. The molecule has 0 saturated carbocycles. The number of hydrogen-bond donors (Lipinski definition) is 1. The van der Waals surface area contributed by atoms with Gasteiger partial charge in [0.1, 0.15) is 4.99 Å². The molecule has 1 atom stereocenters. The summed E-state index contributed by atoms with van der Waals surface area (Å²) in [6, 6.07) is 0.304. The first-order chi connectivity index (χ1) is 10.1. The van der Waals surface area contributed by atoms with Crippen molar-refractivity contribution in [2.45, 2.75) is 46.1 Å². The molecule has 6 heteroatoms. The van der Waals surface area contributed by atoms with E-state index in [0.29, 0.717) is 24.2 Å². The first-order valence-corrected chi connectivity index (χ1v) is 8.07. The summed E-state index contributed by atoms with van der Waals surface area (Å²) in [7, 11) is 0. The van der Waals surface area contributed by atoms with Gasteiger partial charge in [-0.05, 0) is 24.8 Å². The van der Waals surface area contributed by atoms with E-state index >= 15 is 0 Å².